The van der Waals surface area contributed by atoms with Gasteiger partial charge in [-0.2, -0.15) is 10.4 Å². The summed E-state index contributed by atoms with van der Waals surface area (Å²) in [5, 5.41) is 15.9. The number of amides is 1. The fraction of sp³-hybridized carbons (Fsp3) is 0.583. The van der Waals surface area contributed by atoms with Crippen molar-refractivity contribution in [2.45, 2.75) is 40.2 Å². The van der Waals surface area contributed by atoms with Crippen molar-refractivity contribution in [1.29, 1.82) is 5.26 Å². The van der Waals surface area contributed by atoms with Crippen LogP contribution in [-0.2, 0) is 4.79 Å². The molecule has 1 atom stereocenters. The monoisotopic (exact) mass is 234 g/mol. The van der Waals surface area contributed by atoms with E-state index < -0.39 is 5.41 Å². The van der Waals surface area contributed by atoms with Gasteiger partial charge < -0.3 is 5.32 Å². The van der Waals surface area contributed by atoms with Crippen molar-refractivity contribution in [3.63, 3.8) is 0 Å². The number of carbonyl (C=O) groups is 1. The number of hydrogen-bond donors (Lipinski definition) is 1. The minimum atomic E-state index is -0.994. The molecule has 0 saturated heterocycles. The maximum Gasteiger partial charge on any atom is 0.245 e. The second kappa shape index (κ2) is 5.00. The molecule has 1 aromatic rings. The minimum Gasteiger partial charge on any atom is -0.310 e. The molecule has 5 nitrogen and oxygen atoms in total. The van der Waals surface area contributed by atoms with Gasteiger partial charge in [0.05, 0.1) is 12.3 Å². The van der Waals surface area contributed by atoms with Crippen molar-refractivity contribution in [2.75, 3.05) is 5.32 Å². The van der Waals surface area contributed by atoms with Crippen LogP contribution in [0.3, 0.4) is 0 Å². The summed E-state index contributed by atoms with van der Waals surface area (Å²) in [5.41, 5.74) is -0.994. The average molecular weight is 234 g/mol. The Hall–Kier alpha value is -1.83. The topological polar surface area (TPSA) is 70.7 Å². The number of rotatable bonds is 4. The highest BCUT2D eigenvalue weighted by atomic mass is 16.2. The molecule has 0 aliphatic heterocycles. The molecule has 5 heteroatoms. The van der Waals surface area contributed by atoms with Crippen LogP contribution >= 0.6 is 0 Å². The second-order valence-electron chi connectivity index (χ2n) is 4.51. The van der Waals surface area contributed by atoms with E-state index in [1.165, 1.54) is 0 Å². The summed E-state index contributed by atoms with van der Waals surface area (Å²) in [4.78, 5) is 12.0. The van der Waals surface area contributed by atoms with Crippen LogP contribution in [0.4, 0.5) is 5.82 Å². The molecule has 1 rings (SSSR count). The van der Waals surface area contributed by atoms with Crippen LogP contribution < -0.4 is 5.32 Å². The molecule has 0 bridgehead atoms. The standard InChI is InChI=1S/C12H18N4O/c1-5-12(4,8-13)11(17)15-10-6-7-14-16(10)9(2)3/h6-7,9H,5H2,1-4H3,(H,15,17). The first-order valence-corrected chi connectivity index (χ1v) is 5.71. The largest absolute Gasteiger partial charge is 0.310 e. The Balaban J connectivity index is 2.89. The zero-order valence-electron chi connectivity index (χ0n) is 10.7. The summed E-state index contributed by atoms with van der Waals surface area (Å²) in [6.07, 6.45) is 2.11. The molecule has 1 amide bonds. The van der Waals surface area contributed by atoms with Crippen LogP contribution in [0.1, 0.15) is 40.2 Å². The summed E-state index contributed by atoms with van der Waals surface area (Å²) in [6, 6.07) is 3.94. The number of carbonyl (C=O) groups excluding carboxylic acids is 1. The third-order valence-corrected chi connectivity index (χ3v) is 2.86. The first-order valence-electron chi connectivity index (χ1n) is 5.71. The van der Waals surface area contributed by atoms with Gasteiger partial charge in [-0.3, -0.25) is 4.79 Å². The summed E-state index contributed by atoms with van der Waals surface area (Å²) < 4.78 is 1.71. The Morgan fingerprint density at radius 1 is 1.71 bits per heavy atom. The van der Waals surface area contributed by atoms with Gasteiger partial charge in [-0.25, -0.2) is 4.68 Å². The highest BCUT2D eigenvalue weighted by Gasteiger charge is 2.31. The summed E-state index contributed by atoms with van der Waals surface area (Å²) >= 11 is 0. The number of nitrogens with zero attached hydrogens (tertiary/aromatic N) is 3. The van der Waals surface area contributed by atoms with E-state index in [1.807, 2.05) is 26.8 Å². The Bertz CT molecular complexity index is 444. The van der Waals surface area contributed by atoms with Crippen LogP contribution in [0, 0.1) is 16.7 Å². The Kier molecular flexibility index (Phi) is 3.89. The third kappa shape index (κ3) is 2.64. The van der Waals surface area contributed by atoms with E-state index in [0.717, 1.165) is 0 Å². The zero-order chi connectivity index (χ0) is 13.1. The Labute approximate surface area is 101 Å². The molecular formula is C12H18N4O. The van der Waals surface area contributed by atoms with Crippen LogP contribution in [0.5, 0.6) is 0 Å². The molecule has 0 saturated carbocycles. The predicted octanol–water partition coefficient (Wildman–Crippen LogP) is 2.34. The van der Waals surface area contributed by atoms with Crippen LogP contribution in [0.15, 0.2) is 12.3 Å². The summed E-state index contributed by atoms with van der Waals surface area (Å²) in [5.74, 6) is 0.338. The third-order valence-electron chi connectivity index (χ3n) is 2.86. The second-order valence-corrected chi connectivity index (χ2v) is 4.51. The zero-order valence-corrected chi connectivity index (χ0v) is 10.7. The molecule has 0 aromatic carbocycles. The van der Waals surface area contributed by atoms with Gasteiger partial charge in [0.25, 0.3) is 0 Å². The molecule has 0 fully saturated rings. The van der Waals surface area contributed by atoms with E-state index >= 15 is 0 Å². The van der Waals surface area contributed by atoms with E-state index in [4.69, 9.17) is 5.26 Å². The molecule has 92 valence electrons. The molecule has 1 N–H and O–H groups in total. The predicted molar refractivity (Wildman–Crippen MR) is 65.3 cm³/mol. The number of hydrogen-bond acceptors (Lipinski definition) is 3. The lowest BCUT2D eigenvalue weighted by Crippen LogP contribution is -2.32. The van der Waals surface area contributed by atoms with Gasteiger partial charge in [-0.05, 0) is 27.2 Å². The number of nitriles is 1. The SMILES string of the molecule is CCC(C)(C#N)C(=O)Nc1ccnn1C(C)C. The molecule has 0 aliphatic rings. The summed E-state index contributed by atoms with van der Waals surface area (Å²) in [6.45, 7) is 7.42. The van der Waals surface area contributed by atoms with Crippen LogP contribution in [0.25, 0.3) is 0 Å². The van der Waals surface area contributed by atoms with E-state index in [9.17, 15) is 4.79 Å². The molecule has 17 heavy (non-hydrogen) atoms. The smallest absolute Gasteiger partial charge is 0.245 e. The Morgan fingerprint density at radius 2 is 2.35 bits per heavy atom. The van der Waals surface area contributed by atoms with E-state index in [0.29, 0.717) is 12.2 Å². The van der Waals surface area contributed by atoms with Gasteiger partial charge in [-0.1, -0.05) is 6.92 Å². The lowest BCUT2D eigenvalue weighted by molar-refractivity contribution is -0.122. The van der Waals surface area contributed by atoms with Gasteiger partial charge in [-0.15, -0.1) is 0 Å². The lowest BCUT2D eigenvalue weighted by atomic mass is 9.88. The molecule has 0 spiro atoms. The summed E-state index contributed by atoms with van der Waals surface area (Å²) in [7, 11) is 0. The normalized spacial score (nSPS) is 14.1. The van der Waals surface area contributed by atoms with Gasteiger partial charge in [0, 0.05) is 12.1 Å². The van der Waals surface area contributed by atoms with Crippen molar-refractivity contribution in [3.8, 4) is 6.07 Å². The van der Waals surface area contributed by atoms with Gasteiger partial charge >= 0.3 is 0 Å². The quantitative estimate of drug-likeness (QED) is 0.869. The van der Waals surface area contributed by atoms with E-state index in [1.54, 1.807) is 23.9 Å². The molecule has 0 radical (unpaired) electrons. The fourth-order valence-corrected chi connectivity index (χ4v) is 1.37. The average Bonchev–Trinajstić information content (AvgIpc) is 2.76. The molecule has 1 unspecified atom stereocenters. The van der Waals surface area contributed by atoms with Crippen LogP contribution in [0.2, 0.25) is 0 Å². The highest BCUT2D eigenvalue weighted by Crippen LogP contribution is 2.23. The van der Waals surface area contributed by atoms with E-state index in [-0.39, 0.29) is 11.9 Å². The van der Waals surface area contributed by atoms with Gasteiger partial charge in [0.15, 0.2) is 0 Å². The van der Waals surface area contributed by atoms with E-state index in [2.05, 4.69) is 10.4 Å². The van der Waals surface area contributed by atoms with Crippen molar-refractivity contribution in [2.24, 2.45) is 5.41 Å². The molecule has 1 aromatic heterocycles. The first-order chi connectivity index (χ1) is 7.94. The Morgan fingerprint density at radius 3 is 2.82 bits per heavy atom. The first kappa shape index (κ1) is 13.2. The number of aromatic nitrogens is 2. The van der Waals surface area contributed by atoms with Gasteiger partial charge in [0.1, 0.15) is 11.2 Å². The van der Waals surface area contributed by atoms with Crippen molar-refractivity contribution in [3.05, 3.63) is 12.3 Å². The highest BCUT2D eigenvalue weighted by molar-refractivity contribution is 5.96. The number of nitrogens with one attached hydrogen (secondary N) is 1. The molecule has 0 aliphatic carbocycles. The molecular weight excluding hydrogens is 216 g/mol. The minimum absolute atomic E-state index is 0.162. The van der Waals surface area contributed by atoms with Crippen molar-refractivity contribution >= 4 is 11.7 Å². The molecule has 1 heterocycles. The fourth-order valence-electron chi connectivity index (χ4n) is 1.37. The maximum atomic E-state index is 12.0. The van der Waals surface area contributed by atoms with Gasteiger partial charge in [0.2, 0.25) is 5.91 Å². The lowest BCUT2D eigenvalue weighted by Gasteiger charge is -2.19. The maximum absolute atomic E-state index is 12.0. The van der Waals surface area contributed by atoms with Crippen molar-refractivity contribution in [1.82, 2.24) is 9.78 Å². The van der Waals surface area contributed by atoms with Crippen molar-refractivity contribution < 1.29 is 4.79 Å². The van der Waals surface area contributed by atoms with Crippen LogP contribution in [-0.4, -0.2) is 15.7 Å². The number of anilines is 1.